The Bertz CT molecular complexity index is 556. The van der Waals surface area contributed by atoms with Crippen molar-refractivity contribution in [2.24, 2.45) is 11.8 Å². The van der Waals surface area contributed by atoms with Crippen molar-refractivity contribution >= 4 is 5.91 Å². The topological polar surface area (TPSA) is 59.6 Å². The largest absolute Gasteiger partial charge is 0.490 e. The third kappa shape index (κ3) is 4.63. The molecule has 1 unspecified atom stereocenters. The maximum absolute atomic E-state index is 12.2. The van der Waals surface area contributed by atoms with Gasteiger partial charge in [-0.1, -0.05) is 13.0 Å². The van der Waals surface area contributed by atoms with E-state index >= 15 is 0 Å². The zero-order valence-electron chi connectivity index (χ0n) is 14.5. The molecule has 2 N–H and O–H groups in total. The second kappa shape index (κ2) is 8.38. The first-order chi connectivity index (χ1) is 11.7. The van der Waals surface area contributed by atoms with Crippen LogP contribution in [-0.4, -0.2) is 32.2 Å². The molecule has 132 valence electrons. The molecular formula is C19H28N2O3. The molecule has 1 aromatic carbocycles. The Labute approximate surface area is 144 Å². The average molecular weight is 332 g/mol. The Morgan fingerprint density at radius 3 is 2.79 bits per heavy atom. The summed E-state index contributed by atoms with van der Waals surface area (Å²) in [7, 11) is 0. The molecule has 24 heavy (non-hydrogen) atoms. The van der Waals surface area contributed by atoms with E-state index in [4.69, 9.17) is 9.47 Å². The van der Waals surface area contributed by atoms with E-state index in [1.54, 1.807) is 0 Å². The van der Waals surface area contributed by atoms with Gasteiger partial charge in [0.15, 0.2) is 11.5 Å². The van der Waals surface area contributed by atoms with Crippen LogP contribution in [0.1, 0.15) is 38.2 Å². The van der Waals surface area contributed by atoms with E-state index < -0.39 is 0 Å². The Kier molecular flexibility index (Phi) is 5.96. The highest BCUT2D eigenvalue weighted by atomic mass is 16.5. The standard InChI is InChI=1S/C19H28N2O3/c1-14(16-5-7-20-8-6-16)11-19(22)21-13-15-3-4-17-18(12-15)24-10-2-9-23-17/h3-4,12,14,16,20H,2,5-11,13H2,1H3,(H,21,22). The van der Waals surface area contributed by atoms with Crippen LogP contribution in [0.4, 0.5) is 0 Å². The molecule has 2 aliphatic heterocycles. The van der Waals surface area contributed by atoms with E-state index in [0.717, 1.165) is 36.6 Å². The van der Waals surface area contributed by atoms with Crippen molar-refractivity contribution in [2.45, 2.75) is 39.2 Å². The van der Waals surface area contributed by atoms with Crippen molar-refractivity contribution in [3.8, 4) is 11.5 Å². The number of piperidine rings is 1. The smallest absolute Gasteiger partial charge is 0.220 e. The van der Waals surface area contributed by atoms with E-state index in [2.05, 4.69) is 17.6 Å². The number of amides is 1. The molecule has 5 nitrogen and oxygen atoms in total. The van der Waals surface area contributed by atoms with Crippen molar-refractivity contribution in [3.63, 3.8) is 0 Å². The van der Waals surface area contributed by atoms with Crippen molar-refractivity contribution < 1.29 is 14.3 Å². The number of carbonyl (C=O) groups excluding carboxylic acids is 1. The average Bonchev–Trinajstić information content (AvgIpc) is 2.85. The van der Waals surface area contributed by atoms with Crippen LogP contribution in [0.2, 0.25) is 0 Å². The first-order valence-electron chi connectivity index (χ1n) is 9.08. The summed E-state index contributed by atoms with van der Waals surface area (Å²) >= 11 is 0. The molecule has 0 saturated carbocycles. The Morgan fingerprint density at radius 2 is 2.00 bits per heavy atom. The fraction of sp³-hybridized carbons (Fsp3) is 0.632. The Balaban J connectivity index is 1.48. The number of fused-ring (bicyclic) bond motifs is 1. The summed E-state index contributed by atoms with van der Waals surface area (Å²) in [5.41, 5.74) is 1.04. The predicted molar refractivity (Wildman–Crippen MR) is 93.3 cm³/mol. The van der Waals surface area contributed by atoms with Gasteiger partial charge in [-0.15, -0.1) is 0 Å². The summed E-state index contributed by atoms with van der Waals surface area (Å²) in [6.07, 6.45) is 3.86. The fourth-order valence-electron chi connectivity index (χ4n) is 3.46. The Hall–Kier alpha value is -1.75. The van der Waals surface area contributed by atoms with Crippen LogP contribution in [0, 0.1) is 11.8 Å². The number of hydrogen-bond acceptors (Lipinski definition) is 4. The molecule has 1 amide bonds. The van der Waals surface area contributed by atoms with Crippen molar-refractivity contribution in [1.82, 2.24) is 10.6 Å². The summed E-state index contributed by atoms with van der Waals surface area (Å²) < 4.78 is 11.3. The highest BCUT2D eigenvalue weighted by Crippen LogP contribution is 2.30. The maximum Gasteiger partial charge on any atom is 0.220 e. The third-order valence-electron chi connectivity index (χ3n) is 5.00. The molecule has 0 bridgehead atoms. The van der Waals surface area contributed by atoms with E-state index in [0.29, 0.717) is 38.0 Å². The summed E-state index contributed by atoms with van der Waals surface area (Å²) in [6, 6.07) is 5.89. The van der Waals surface area contributed by atoms with Crippen LogP contribution in [0.5, 0.6) is 11.5 Å². The highest BCUT2D eigenvalue weighted by Gasteiger charge is 2.22. The number of ether oxygens (including phenoxy) is 2. The predicted octanol–water partition coefficient (Wildman–Crippen LogP) is 2.49. The molecule has 3 rings (SSSR count). The van der Waals surface area contributed by atoms with Crippen LogP contribution in [0.15, 0.2) is 18.2 Å². The van der Waals surface area contributed by atoms with Crippen LogP contribution in [0.25, 0.3) is 0 Å². The summed E-state index contributed by atoms with van der Waals surface area (Å²) in [5, 5.41) is 6.42. The zero-order chi connectivity index (χ0) is 16.8. The maximum atomic E-state index is 12.2. The molecular weight excluding hydrogens is 304 g/mol. The molecule has 1 fully saturated rings. The van der Waals surface area contributed by atoms with E-state index in [-0.39, 0.29) is 5.91 Å². The lowest BCUT2D eigenvalue weighted by Gasteiger charge is -2.27. The van der Waals surface area contributed by atoms with E-state index in [9.17, 15) is 4.79 Å². The minimum absolute atomic E-state index is 0.133. The van der Waals surface area contributed by atoms with Crippen LogP contribution in [0.3, 0.4) is 0 Å². The highest BCUT2D eigenvalue weighted by molar-refractivity contribution is 5.76. The second-order valence-electron chi connectivity index (χ2n) is 6.88. The van der Waals surface area contributed by atoms with Crippen LogP contribution in [-0.2, 0) is 11.3 Å². The molecule has 0 spiro atoms. The lowest BCUT2D eigenvalue weighted by Crippen LogP contribution is -2.33. The number of rotatable bonds is 5. The molecule has 2 aliphatic rings. The van der Waals surface area contributed by atoms with Gasteiger partial charge in [0.05, 0.1) is 13.2 Å². The lowest BCUT2D eigenvalue weighted by molar-refractivity contribution is -0.122. The molecule has 1 saturated heterocycles. The monoisotopic (exact) mass is 332 g/mol. The van der Waals surface area contributed by atoms with Crippen molar-refractivity contribution in [3.05, 3.63) is 23.8 Å². The van der Waals surface area contributed by atoms with Gasteiger partial charge in [0.25, 0.3) is 0 Å². The minimum Gasteiger partial charge on any atom is -0.490 e. The van der Waals surface area contributed by atoms with Crippen LogP contribution < -0.4 is 20.1 Å². The molecule has 0 aromatic heterocycles. The first kappa shape index (κ1) is 17.1. The summed E-state index contributed by atoms with van der Waals surface area (Å²) in [6.45, 7) is 6.26. The molecule has 1 aromatic rings. The molecule has 0 radical (unpaired) electrons. The second-order valence-corrected chi connectivity index (χ2v) is 6.88. The van der Waals surface area contributed by atoms with Gasteiger partial charge in [0, 0.05) is 19.4 Å². The van der Waals surface area contributed by atoms with Gasteiger partial charge < -0.3 is 20.1 Å². The lowest BCUT2D eigenvalue weighted by atomic mass is 9.84. The molecule has 0 aliphatic carbocycles. The Morgan fingerprint density at radius 1 is 1.25 bits per heavy atom. The number of hydrogen-bond donors (Lipinski definition) is 2. The van der Waals surface area contributed by atoms with Crippen molar-refractivity contribution in [2.75, 3.05) is 26.3 Å². The van der Waals surface area contributed by atoms with E-state index in [1.807, 2.05) is 18.2 Å². The SMILES string of the molecule is CC(CC(=O)NCc1ccc2c(c1)OCCCO2)C1CCNCC1. The van der Waals surface area contributed by atoms with E-state index in [1.165, 1.54) is 12.8 Å². The quantitative estimate of drug-likeness (QED) is 0.870. The normalized spacial score (nSPS) is 19.4. The van der Waals surface area contributed by atoms with Crippen molar-refractivity contribution in [1.29, 1.82) is 0 Å². The van der Waals surface area contributed by atoms with Gasteiger partial charge >= 0.3 is 0 Å². The number of benzene rings is 1. The van der Waals surface area contributed by atoms with Gasteiger partial charge in [0.2, 0.25) is 5.91 Å². The van der Waals surface area contributed by atoms with Crippen LogP contribution >= 0.6 is 0 Å². The fourth-order valence-corrected chi connectivity index (χ4v) is 3.46. The number of carbonyl (C=O) groups is 1. The zero-order valence-corrected chi connectivity index (χ0v) is 14.5. The van der Waals surface area contributed by atoms with Gasteiger partial charge in [-0.05, 0) is 55.5 Å². The summed E-state index contributed by atoms with van der Waals surface area (Å²) in [4.78, 5) is 12.2. The van der Waals surface area contributed by atoms with Gasteiger partial charge in [-0.25, -0.2) is 0 Å². The van der Waals surface area contributed by atoms with Gasteiger partial charge in [0.1, 0.15) is 0 Å². The third-order valence-corrected chi connectivity index (χ3v) is 5.00. The number of nitrogens with one attached hydrogen (secondary N) is 2. The molecule has 2 heterocycles. The molecule has 5 heteroatoms. The summed E-state index contributed by atoms with van der Waals surface area (Å²) in [5.74, 6) is 2.81. The molecule has 1 atom stereocenters. The van der Waals surface area contributed by atoms with Gasteiger partial charge in [-0.3, -0.25) is 4.79 Å². The van der Waals surface area contributed by atoms with Gasteiger partial charge in [-0.2, -0.15) is 0 Å². The first-order valence-corrected chi connectivity index (χ1v) is 9.08. The minimum atomic E-state index is 0.133.